The molecule has 0 spiro atoms. The van der Waals surface area contributed by atoms with Crippen LogP contribution in [0.1, 0.15) is 107 Å². The van der Waals surface area contributed by atoms with Gasteiger partial charge in [-0.3, -0.25) is 24.0 Å². The Morgan fingerprint density at radius 2 is 1.16 bits per heavy atom. The van der Waals surface area contributed by atoms with E-state index in [-0.39, 0.29) is 24.9 Å². The van der Waals surface area contributed by atoms with Gasteiger partial charge in [-0.25, -0.2) is 9.59 Å². The van der Waals surface area contributed by atoms with E-state index in [9.17, 15) is 53.7 Å². The van der Waals surface area contributed by atoms with E-state index < -0.39 is 91.8 Å². The van der Waals surface area contributed by atoms with E-state index >= 15 is 0 Å². The molecule has 4 atom stereocenters. The van der Waals surface area contributed by atoms with Gasteiger partial charge >= 0.3 is 11.9 Å². The van der Waals surface area contributed by atoms with Crippen LogP contribution in [0.2, 0.25) is 0 Å². The number of hydrogen-bond donors (Lipinski definition) is 10. The second-order valence-electron chi connectivity index (χ2n) is 13.5. The van der Waals surface area contributed by atoms with Crippen molar-refractivity contribution in [2.24, 2.45) is 5.73 Å². The van der Waals surface area contributed by atoms with Gasteiger partial charge in [0.05, 0.1) is 38.0 Å². The fraction of sp³-hybridized carbons (Fsp3) is 0.632. The monoisotopic (exact) mass is 808 g/mol. The second-order valence-corrected chi connectivity index (χ2v) is 13.5. The van der Waals surface area contributed by atoms with E-state index in [1.54, 1.807) is 12.1 Å². The molecule has 0 unspecified atom stereocenters. The van der Waals surface area contributed by atoms with Crippen LogP contribution in [0.3, 0.4) is 0 Å². The summed E-state index contributed by atoms with van der Waals surface area (Å²) < 4.78 is 5.64. The first-order valence-electron chi connectivity index (χ1n) is 19.4. The summed E-state index contributed by atoms with van der Waals surface area (Å²) in [7, 11) is 0. The van der Waals surface area contributed by atoms with Crippen molar-refractivity contribution >= 4 is 47.8 Å². The number of carboxylic acid groups (broad SMARTS) is 2. The number of aldehydes is 1. The third-order valence-electron chi connectivity index (χ3n) is 8.74. The van der Waals surface area contributed by atoms with Crippen molar-refractivity contribution in [2.45, 2.75) is 120 Å². The quantitative estimate of drug-likeness (QED) is 0.0328. The SMILES string of the molecule is N[C@H](C=O)CCCCNC(=O)[C@H](CO)NC(=O)CNC(=O)[C@H](CO)NC(=O)CC[C@H](NC(=O)CCCCCCCCCCCOc1ccc(C(=O)O)cc1)C(=O)O. The van der Waals surface area contributed by atoms with Crippen LogP contribution >= 0.6 is 0 Å². The maximum atomic E-state index is 12.5. The van der Waals surface area contributed by atoms with Gasteiger partial charge in [-0.2, -0.15) is 0 Å². The number of amides is 5. The Labute approximate surface area is 332 Å². The standard InChI is InChI=1S/C38H60N6O13/c39-27(23-45)12-9-10-20-40-35(51)30(24-46)44-34(50)22-41-36(52)31(25-47)43-33(49)19-18-29(38(55)56)42-32(48)13-8-6-4-2-1-3-5-7-11-21-57-28-16-14-26(15-17-28)37(53)54/h14-17,23,27,29-31,46-47H,1-13,18-22,24-25,39H2,(H,40,51)(H,41,52)(H,42,48)(H,43,49)(H,44,50)(H,53,54)(H,55,56)/t27-,29-,30-,31-/m0/s1. The van der Waals surface area contributed by atoms with Crippen LogP contribution in [0.15, 0.2) is 24.3 Å². The molecular weight excluding hydrogens is 748 g/mol. The minimum absolute atomic E-state index is 0.123. The number of rotatable bonds is 33. The number of hydrogen-bond acceptors (Lipinski definition) is 12. The summed E-state index contributed by atoms with van der Waals surface area (Å²) >= 11 is 0. The molecular formula is C38H60N6O13. The molecule has 0 aliphatic heterocycles. The van der Waals surface area contributed by atoms with Gasteiger partial charge in [0.15, 0.2) is 0 Å². The lowest BCUT2D eigenvalue weighted by molar-refractivity contribution is -0.142. The normalized spacial score (nSPS) is 12.9. The molecule has 57 heavy (non-hydrogen) atoms. The average Bonchev–Trinajstić information content (AvgIpc) is 3.19. The number of ether oxygens (including phenoxy) is 1. The van der Waals surface area contributed by atoms with Gasteiger partial charge in [0.1, 0.15) is 30.2 Å². The minimum Gasteiger partial charge on any atom is -0.494 e. The van der Waals surface area contributed by atoms with Crippen LogP contribution in [0, 0.1) is 0 Å². The Kier molecular flexibility index (Phi) is 26.3. The Hall–Kier alpha value is -5.14. The van der Waals surface area contributed by atoms with Gasteiger partial charge in [0.2, 0.25) is 29.5 Å². The third-order valence-corrected chi connectivity index (χ3v) is 8.74. The van der Waals surface area contributed by atoms with E-state index in [1.807, 2.05) is 0 Å². The highest BCUT2D eigenvalue weighted by Gasteiger charge is 2.25. The topological polar surface area (TPSA) is 313 Å². The first-order chi connectivity index (χ1) is 27.3. The van der Waals surface area contributed by atoms with E-state index in [4.69, 9.17) is 15.6 Å². The van der Waals surface area contributed by atoms with E-state index in [2.05, 4.69) is 26.6 Å². The molecule has 0 aliphatic rings. The molecule has 0 heterocycles. The molecule has 19 heteroatoms. The number of aromatic carboxylic acids is 1. The summed E-state index contributed by atoms with van der Waals surface area (Å²) in [6.07, 6.45) is 9.99. The highest BCUT2D eigenvalue weighted by atomic mass is 16.5. The molecule has 0 fully saturated rings. The van der Waals surface area contributed by atoms with Gasteiger partial charge in [0, 0.05) is 19.4 Å². The predicted octanol–water partition coefficient (Wildman–Crippen LogP) is -0.103. The molecule has 1 aromatic carbocycles. The fourth-order valence-corrected chi connectivity index (χ4v) is 5.41. The zero-order valence-electron chi connectivity index (χ0n) is 32.4. The Balaban J connectivity index is 2.23. The Morgan fingerprint density at radius 1 is 0.632 bits per heavy atom. The largest absolute Gasteiger partial charge is 0.494 e. The van der Waals surface area contributed by atoms with Crippen molar-refractivity contribution in [2.75, 3.05) is 32.9 Å². The number of carboxylic acids is 2. The van der Waals surface area contributed by atoms with Gasteiger partial charge in [-0.15, -0.1) is 0 Å². The minimum atomic E-state index is -1.48. The zero-order valence-corrected chi connectivity index (χ0v) is 32.4. The number of carbonyl (C=O) groups is 8. The fourth-order valence-electron chi connectivity index (χ4n) is 5.41. The van der Waals surface area contributed by atoms with Crippen LogP contribution in [-0.4, -0.2) is 125 Å². The molecule has 0 aliphatic carbocycles. The lowest BCUT2D eigenvalue weighted by Crippen LogP contribution is -2.54. The van der Waals surface area contributed by atoms with E-state index in [1.165, 1.54) is 12.1 Å². The molecule has 19 nitrogen and oxygen atoms in total. The summed E-state index contributed by atoms with van der Waals surface area (Å²) in [5, 5.41) is 49.2. The maximum Gasteiger partial charge on any atom is 0.335 e. The van der Waals surface area contributed by atoms with Crippen molar-refractivity contribution in [3.05, 3.63) is 29.8 Å². The lowest BCUT2D eigenvalue weighted by atomic mass is 10.1. The lowest BCUT2D eigenvalue weighted by Gasteiger charge is -2.19. The number of aliphatic carboxylic acids is 1. The smallest absolute Gasteiger partial charge is 0.335 e. The molecule has 0 saturated carbocycles. The van der Waals surface area contributed by atoms with Crippen molar-refractivity contribution < 1.29 is 63.5 Å². The van der Waals surface area contributed by atoms with Crippen LogP contribution in [-0.2, 0) is 33.6 Å². The molecule has 0 radical (unpaired) electrons. The van der Waals surface area contributed by atoms with E-state index in [0.29, 0.717) is 44.3 Å². The van der Waals surface area contributed by atoms with Crippen LogP contribution in [0.5, 0.6) is 5.75 Å². The molecule has 1 aromatic rings. The van der Waals surface area contributed by atoms with Crippen LogP contribution in [0.4, 0.5) is 0 Å². The molecule has 0 aromatic heterocycles. The number of aliphatic hydroxyl groups excluding tert-OH is 2. The summed E-state index contributed by atoms with van der Waals surface area (Å²) in [6, 6.07) is 1.56. The summed E-state index contributed by atoms with van der Waals surface area (Å²) in [5.41, 5.74) is 5.71. The number of benzene rings is 1. The summed E-state index contributed by atoms with van der Waals surface area (Å²) in [4.78, 5) is 95.0. The molecule has 5 amide bonds. The van der Waals surface area contributed by atoms with Crippen molar-refractivity contribution in [1.29, 1.82) is 0 Å². The van der Waals surface area contributed by atoms with Gasteiger partial charge < -0.3 is 62.3 Å². The highest BCUT2D eigenvalue weighted by molar-refractivity contribution is 5.93. The number of nitrogens with two attached hydrogens (primary N) is 1. The van der Waals surface area contributed by atoms with Crippen molar-refractivity contribution in [3.63, 3.8) is 0 Å². The first-order valence-corrected chi connectivity index (χ1v) is 19.4. The van der Waals surface area contributed by atoms with Crippen LogP contribution < -0.4 is 37.1 Å². The molecule has 320 valence electrons. The number of nitrogens with one attached hydrogen (secondary N) is 5. The summed E-state index contributed by atoms with van der Waals surface area (Å²) in [5.74, 6) is -5.38. The number of carbonyl (C=O) groups excluding carboxylic acids is 6. The third kappa shape index (κ3) is 23.5. The zero-order chi connectivity index (χ0) is 42.4. The van der Waals surface area contributed by atoms with Crippen molar-refractivity contribution in [3.8, 4) is 5.75 Å². The molecule has 1 rings (SSSR count). The Bertz CT molecular complexity index is 1410. The maximum absolute atomic E-state index is 12.5. The number of aliphatic hydroxyl groups is 2. The van der Waals surface area contributed by atoms with Gasteiger partial charge in [-0.05, 0) is 62.8 Å². The second kappa shape index (κ2) is 30.1. The highest BCUT2D eigenvalue weighted by Crippen LogP contribution is 2.14. The molecule has 0 saturated heterocycles. The molecule has 0 bridgehead atoms. The van der Waals surface area contributed by atoms with E-state index in [0.717, 1.165) is 51.4 Å². The number of unbranched alkanes of at least 4 members (excludes halogenated alkanes) is 9. The van der Waals surface area contributed by atoms with Crippen LogP contribution in [0.25, 0.3) is 0 Å². The Morgan fingerprint density at radius 3 is 1.72 bits per heavy atom. The van der Waals surface area contributed by atoms with Gasteiger partial charge in [0.25, 0.3) is 0 Å². The summed E-state index contributed by atoms with van der Waals surface area (Å²) in [6.45, 7) is -1.45. The van der Waals surface area contributed by atoms with Gasteiger partial charge in [-0.1, -0.05) is 44.9 Å². The predicted molar refractivity (Wildman–Crippen MR) is 206 cm³/mol. The molecule has 11 N–H and O–H groups in total. The average molecular weight is 809 g/mol. The first kappa shape index (κ1) is 49.9. The van der Waals surface area contributed by atoms with Crippen molar-refractivity contribution in [1.82, 2.24) is 26.6 Å².